The van der Waals surface area contributed by atoms with Crippen LogP contribution in [0.5, 0.6) is 0 Å². The second kappa shape index (κ2) is 9.79. The fourth-order valence-electron chi connectivity index (χ4n) is 2.51. The predicted molar refractivity (Wildman–Crippen MR) is 121 cm³/mol. The van der Waals surface area contributed by atoms with Crippen LogP contribution >= 0.6 is 22.9 Å². The van der Waals surface area contributed by atoms with Gasteiger partial charge in [0.05, 0.1) is 16.9 Å². The van der Waals surface area contributed by atoms with Crippen molar-refractivity contribution in [2.75, 3.05) is 43.1 Å². The van der Waals surface area contributed by atoms with Gasteiger partial charge in [0.1, 0.15) is 10.7 Å². The molecule has 3 rings (SSSR count). The zero-order chi connectivity index (χ0) is 21.7. The molecule has 1 amide bonds. The number of aryl methyl sites for hydroxylation is 2. The first kappa shape index (κ1) is 21.9. The van der Waals surface area contributed by atoms with Crippen molar-refractivity contribution in [3.8, 4) is 0 Å². The lowest BCUT2D eigenvalue weighted by molar-refractivity contribution is 0.103. The zero-order valence-corrected chi connectivity index (χ0v) is 18.7. The summed E-state index contributed by atoms with van der Waals surface area (Å²) in [5.41, 5.74) is 1.47. The molecule has 2 aromatic heterocycles. The highest BCUT2D eigenvalue weighted by molar-refractivity contribution is 7.17. The third-order valence-electron chi connectivity index (χ3n) is 4.00. The number of halogens is 1. The second-order valence-electron chi connectivity index (χ2n) is 6.80. The lowest BCUT2D eigenvalue weighted by Crippen LogP contribution is -2.22. The van der Waals surface area contributed by atoms with Crippen LogP contribution in [0.1, 0.15) is 21.1 Å². The minimum absolute atomic E-state index is 0.283. The van der Waals surface area contributed by atoms with Gasteiger partial charge in [-0.2, -0.15) is 15.0 Å². The molecule has 0 aliphatic rings. The summed E-state index contributed by atoms with van der Waals surface area (Å²) in [4.78, 5) is 32.3. The largest absolute Gasteiger partial charge is 0.353 e. The number of likely N-dealkylation sites (N-methyl/N-ethyl adjacent to an activating group) is 1. The lowest BCUT2D eigenvalue weighted by atomic mass is 10.2. The summed E-state index contributed by atoms with van der Waals surface area (Å²) in [6, 6.07) is 5.45. The van der Waals surface area contributed by atoms with Crippen LogP contribution in [-0.2, 0) is 0 Å². The van der Waals surface area contributed by atoms with Crippen LogP contribution in [0.15, 0.2) is 24.4 Å². The van der Waals surface area contributed by atoms with E-state index in [2.05, 4.69) is 40.8 Å². The molecule has 1 aromatic carbocycles. The van der Waals surface area contributed by atoms with E-state index in [9.17, 15) is 4.79 Å². The average Bonchev–Trinajstić information content (AvgIpc) is 3.12. The second-order valence-corrected chi connectivity index (χ2v) is 8.24. The molecule has 0 unspecified atom stereocenters. The molecule has 0 saturated carbocycles. The van der Waals surface area contributed by atoms with Gasteiger partial charge in [-0.25, -0.2) is 4.98 Å². The van der Waals surface area contributed by atoms with Crippen LogP contribution in [-0.4, -0.2) is 57.9 Å². The monoisotopic (exact) mass is 446 g/mol. The highest BCUT2D eigenvalue weighted by atomic mass is 35.5. The summed E-state index contributed by atoms with van der Waals surface area (Å²) in [6.07, 6.45) is 1.50. The molecule has 0 spiro atoms. The molecule has 11 heteroatoms. The number of amides is 1. The van der Waals surface area contributed by atoms with Gasteiger partial charge >= 0.3 is 0 Å². The first-order chi connectivity index (χ1) is 14.3. The van der Waals surface area contributed by atoms with Crippen molar-refractivity contribution in [3.05, 3.63) is 45.7 Å². The Morgan fingerprint density at radius 2 is 1.93 bits per heavy atom. The van der Waals surface area contributed by atoms with E-state index in [1.54, 1.807) is 13.0 Å². The van der Waals surface area contributed by atoms with Gasteiger partial charge in [-0.1, -0.05) is 35.1 Å². The number of aromatic nitrogens is 4. The Morgan fingerprint density at radius 3 is 2.67 bits per heavy atom. The van der Waals surface area contributed by atoms with E-state index in [1.165, 1.54) is 17.5 Å². The number of carbonyl (C=O) groups excluding carboxylic acids is 1. The molecule has 0 atom stereocenters. The molecule has 0 fully saturated rings. The minimum Gasteiger partial charge on any atom is -0.353 e. The Labute approximate surface area is 183 Å². The fourth-order valence-corrected chi connectivity index (χ4v) is 3.48. The SMILES string of the molecule is Cc1nc(NCCN(C)C)nc(Nc2ncc(C(=O)Nc3c(C)cccc3Cl)s2)n1. The molecule has 0 aliphatic heterocycles. The van der Waals surface area contributed by atoms with E-state index in [4.69, 9.17) is 11.6 Å². The molecule has 0 radical (unpaired) electrons. The minimum atomic E-state index is -0.283. The molecular weight excluding hydrogens is 424 g/mol. The summed E-state index contributed by atoms with van der Waals surface area (Å²) in [5, 5.41) is 10.0. The Balaban J connectivity index is 1.68. The molecule has 0 bridgehead atoms. The summed E-state index contributed by atoms with van der Waals surface area (Å²) >= 11 is 7.38. The van der Waals surface area contributed by atoms with Gasteiger partial charge in [0.15, 0.2) is 5.13 Å². The maximum atomic E-state index is 12.6. The number of hydrogen-bond acceptors (Lipinski definition) is 9. The summed E-state index contributed by atoms with van der Waals surface area (Å²) in [6.45, 7) is 5.23. The van der Waals surface area contributed by atoms with Gasteiger partial charge in [0.25, 0.3) is 5.91 Å². The number of para-hydroxylation sites is 1. The van der Waals surface area contributed by atoms with Gasteiger partial charge in [-0.05, 0) is 39.6 Å². The molecular formula is C19H23ClN8OS. The Bertz CT molecular complexity index is 1020. The summed E-state index contributed by atoms with van der Waals surface area (Å²) in [7, 11) is 3.99. The van der Waals surface area contributed by atoms with Crippen LogP contribution in [0.2, 0.25) is 5.02 Å². The van der Waals surface area contributed by atoms with Crippen molar-refractivity contribution in [1.82, 2.24) is 24.8 Å². The number of anilines is 4. The number of hydrogen-bond donors (Lipinski definition) is 3. The van der Waals surface area contributed by atoms with E-state index in [-0.39, 0.29) is 5.91 Å². The van der Waals surface area contributed by atoms with Crippen LogP contribution in [0.25, 0.3) is 0 Å². The molecule has 30 heavy (non-hydrogen) atoms. The van der Waals surface area contributed by atoms with Crippen LogP contribution in [0.4, 0.5) is 22.7 Å². The summed E-state index contributed by atoms with van der Waals surface area (Å²) < 4.78 is 0. The van der Waals surface area contributed by atoms with Gasteiger partial charge < -0.3 is 15.5 Å². The van der Waals surface area contributed by atoms with E-state index in [0.717, 1.165) is 12.1 Å². The quantitative estimate of drug-likeness (QED) is 0.482. The van der Waals surface area contributed by atoms with Crippen molar-refractivity contribution < 1.29 is 4.79 Å². The van der Waals surface area contributed by atoms with Crippen molar-refractivity contribution in [2.45, 2.75) is 13.8 Å². The van der Waals surface area contributed by atoms with Crippen molar-refractivity contribution in [1.29, 1.82) is 0 Å². The highest BCUT2D eigenvalue weighted by Crippen LogP contribution is 2.27. The molecule has 0 saturated heterocycles. The molecule has 2 heterocycles. The van der Waals surface area contributed by atoms with E-state index in [1.807, 2.05) is 33.2 Å². The molecule has 158 valence electrons. The standard InChI is InChI=1S/C19H23ClN8OS/c1-11-6-5-7-13(20)15(11)25-16(29)14-10-22-19(30-14)27-18-24-12(2)23-17(26-18)21-8-9-28(3)4/h5-7,10H,8-9H2,1-4H3,(H,25,29)(H2,21,22,23,24,26,27). The summed E-state index contributed by atoms with van der Waals surface area (Å²) in [5.74, 6) is 1.13. The van der Waals surface area contributed by atoms with Crippen LogP contribution in [0, 0.1) is 13.8 Å². The number of nitrogens with one attached hydrogen (secondary N) is 3. The van der Waals surface area contributed by atoms with E-state index < -0.39 is 0 Å². The molecule has 0 aliphatic carbocycles. The number of rotatable bonds is 8. The first-order valence-electron chi connectivity index (χ1n) is 9.22. The van der Waals surface area contributed by atoms with Crippen molar-refractivity contribution >= 4 is 51.6 Å². The van der Waals surface area contributed by atoms with Gasteiger partial charge in [-0.15, -0.1) is 0 Å². The molecule has 3 aromatic rings. The lowest BCUT2D eigenvalue weighted by Gasteiger charge is -2.11. The van der Waals surface area contributed by atoms with Crippen LogP contribution < -0.4 is 16.0 Å². The van der Waals surface area contributed by atoms with Gasteiger partial charge in [0.2, 0.25) is 11.9 Å². The van der Waals surface area contributed by atoms with Gasteiger partial charge in [-0.3, -0.25) is 10.1 Å². The highest BCUT2D eigenvalue weighted by Gasteiger charge is 2.15. The number of nitrogens with zero attached hydrogens (tertiary/aromatic N) is 5. The third-order valence-corrected chi connectivity index (χ3v) is 5.22. The normalized spacial score (nSPS) is 10.9. The van der Waals surface area contributed by atoms with Crippen molar-refractivity contribution in [3.63, 3.8) is 0 Å². The third kappa shape index (κ3) is 5.85. The smallest absolute Gasteiger partial charge is 0.267 e. The van der Waals surface area contributed by atoms with E-state index >= 15 is 0 Å². The fraction of sp³-hybridized carbons (Fsp3) is 0.316. The number of carbonyl (C=O) groups is 1. The number of benzene rings is 1. The average molecular weight is 447 g/mol. The molecule has 3 N–H and O–H groups in total. The first-order valence-corrected chi connectivity index (χ1v) is 10.4. The Morgan fingerprint density at radius 1 is 1.17 bits per heavy atom. The Kier molecular flexibility index (Phi) is 7.14. The Hall–Kier alpha value is -2.82. The zero-order valence-electron chi connectivity index (χ0n) is 17.2. The van der Waals surface area contributed by atoms with Gasteiger partial charge in [0, 0.05) is 13.1 Å². The topological polar surface area (TPSA) is 108 Å². The maximum Gasteiger partial charge on any atom is 0.267 e. The molecule has 9 nitrogen and oxygen atoms in total. The number of thiazole rings is 1. The van der Waals surface area contributed by atoms with E-state index in [0.29, 0.717) is 45.0 Å². The predicted octanol–water partition coefficient (Wildman–Crippen LogP) is 3.57. The van der Waals surface area contributed by atoms with Crippen molar-refractivity contribution in [2.24, 2.45) is 0 Å². The maximum absolute atomic E-state index is 12.6. The van der Waals surface area contributed by atoms with Crippen LogP contribution in [0.3, 0.4) is 0 Å².